The van der Waals surface area contributed by atoms with Crippen LogP contribution in [0.25, 0.3) is 0 Å². The zero-order valence-electron chi connectivity index (χ0n) is 13.6. The molecule has 1 rings (SSSR count). The zero-order valence-corrected chi connectivity index (χ0v) is 13.6. The molecule has 2 atom stereocenters. The third-order valence-electron chi connectivity index (χ3n) is 4.14. The molecule has 0 saturated heterocycles. The van der Waals surface area contributed by atoms with Crippen LogP contribution in [0.3, 0.4) is 0 Å². The molecule has 0 fully saturated rings. The minimum atomic E-state index is 0.558. The Hall–Kier alpha value is -0.820. The lowest BCUT2D eigenvalue weighted by molar-refractivity contribution is 0.392. The molecular formula is C18H31N. The minimum Gasteiger partial charge on any atom is -0.314 e. The van der Waals surface area contributed by atoms with Crippen LogP contribution in [0.15, 0.2) is 18.2 Å². The van der Waals surface area contributed by atoms with E-state index in [1.165, 1.54) is 29.5 Å². The largest absolute Gasteiger partial charge is 0.314 e. The Balaban J connectivity index is 2.90. The van der Waals surface area contributed by atoms with Gasteiger partial charge in [0.05, 0.1) is 0 Å². The number of nitrogens with one attached hydrogen (secondary N) is 1. The molecule has 108 valence electrons. The highest BCUT2D eigenvalue weighted by Crippen LogP contribution is 2.28. The van der Waals surface area contributed by atoms with E-state index in [0.717, 1.165) is 12.5 Å². The summed E-state index contributed by atoms with van der Waals surface area (Å²) < 4.78 is 0. The summed E-state index contributed by atoms with van der Waals surface area (Å²) in [4.78, 5) is 0. The van der Waals surface area contributed by atoms with E-state index < -0.39 is 0 Å². The summed E-state index contributed by atoms with van der Waals surface area (Å²) in [6.45, 7) is 14.6. The second-order valence-electron chi connectivity index (χ2n) is 6.28. The van der Waals surface area contributed by atoms with Crippen LogP contribution in [0.5, 0.6) is 0 Å². The van der Waals surface area contributed by atoms with Crippen LogP contribution >= 0.6 is 0 Å². The van der Waals surface area contributed by atoms with Gasteiger partial charge in [-0.15, -0.1) is 0 Å². The molecule has 0 spiro atoms. The summed E-state index contributed by atoms with van der Waals surface area (Å²) in [5, 5.41) is 3.62. The summed E-state index contributed by atoms with van der Waals surface area (Å²) in [6.07, 6.45) is 2.57. The van der Waals surface area contributed by atoms with Crippen LogP contribution in [0.1, 0.15) is 63.1 Å². The van der Waals surface area contributed by atoms with Crippen LogP contribution in [0.2, 0.25) is 0 Å². The van der Waals surface area contributed by atoms with Crippen molar-refractivity contribution in [1.29, 1.82) is 0 Å². The van der Waals surface area contributed by atoms with Gasteiger partial charge in [-0.25, -0.2) is 0 Å². The van der Waals surface area contributed by atoms with Gasteiger partial charge in [0.25, 0.3) is 0 Å². The Labute approximate surface area is 119 Å². The molecule has 0 saturated carbocycles. The van der Waals surface area contributed by atoms with Crippen LogP contribution < -0.4 is 5.32 Å². The van der Waals surface area contributed by atoms with Gasteiger partial charge in [-0.1, -0.05) is 58.7 Å². The summed E-state index contributed by atoms with van der Waals surface area (Å²) in [6, 6.07) is 7.53. The summed E-state index contributed by atoms with van der Waals surface area (Å²) in [5.41, 5.74) is 4.30. The summed E-state index contributed by atoms with van der Waals surface area (Å²) in [5.74, 6) is 1.36. The van der Waals surface area contributed by atoms with E-state index in [0.29, 0.717) is 12.0 Å². The van der Waals surface area contributed by atoms with Crippen molar-refractivity contribution in [2.45, 2.75) is 66.3 Å². The third kappa shape index (κ3) is 4.99. The van der Waals surface area contributed by atoms with Crippen LogP contribution in [-0.4, -0.2) is 12.6 Å². The number of benzene rings is 1. The van der Waals surface area contributed by atoms with Gasteiger partial charge in [-0.3, -0.25) is 0 Å². The van der Waals surface area contributed by atoms with E-state index in [4.69, 9.17) is 0 Å². The molecule has 0 heterocycles. The van der Waals surface area contributed by atoms with Crippen LogP contribution in [0.4, 0.5) is 0 Å². The van der Waals surface area contributed by atoms with Gasteiger partial charge < -0.3 is 5.32 Å². The zero-order chi connectivity index (χ0) is 14.4. The first kappa shape index (κ1) is 16.2. The van der Waals surface area contributed by atoms with Gasteiger partial charge in [-0.2, -0.15) is 0 Å². The quantitative estimate of drug-likeness (QED) is 0.742. The minimum absolute atomic E-state index is 0.558. The van der Waals surface area contributed by atoms with Crippen molar-refractivity contribution in [2.24, 2.45) is 5.92 Å². The maximum absolute atomic E-state index is 3.62. The molecule has 1 aromatic rings. The molecule has 19 heavy (non-hydrogen) atoms. The first-order valence-electron chi connectivity index (χ1n) is 7.76. The molecule has 1 aromatic carbocycles. The van der Waals surface area contributed by atoms with E-state index in [1.807, 2.05) is 0 Å². The van der Waals surface area contributed by atoms with Crippen LogP contribution in [0, 0.1) is 19.8 Å². The molecule has 0 aliphatic carbocycles. The topological polar surface area (TPSA) is 12.0 Å². The van der Waals surface area contributed by atoms with E-state index in [-0.39, 0.29) is 0 Å². The monoisotopic (exact) mass is 261 g/mol. The predicted molar refractivity (Wildman–Crippen MR) is 85.9 cm³/mol. The number of aryl methyl sites for hydroxylation is 2. The first-order chi connectivity index (χ1) is 8.95. The molecule has 0 bridgehead atoms. The van der Waals surface area contributed by atoms with Crippen molar-refractivity contribution in [3.8, 4) is 0 Å². The Bertz CT molecular complexity index is 381. The van der Waals surface area contributed by atoms with E-state index in [9.17, 15) is 0 Å². The highest BCUT2D eigenvalue weighted by Gasteiger charge is 2.19. The second-order valence-corrected chi connectivity index (χ2v) is 6.28. The van der Waals surface area contributed by atoms with Crippen molar-refractivity contribution < 1.29 is 0 Å². The summed E-state index contributed by atoms with van der Waals surface area (Å²) in [7, 11) is 0. The van der Waals surface area contributed by atoms with Gasteiger partial charge in [-0.05, 0) is 42.4 Å². The first-order valence-corrected chi connectivity index (χ1v) is 7.76. The average Bonchev–Trinajstić information content (AvgIpc) is 2.33. The third-order valence-corrected chi connectivity index (χ3v) is 4.14. The molecular weight excluding hydrogens is 230 g/mol. The Morgan fingerprint density at radius 2 is 1.74 bits per heavy atom. The predicted octanol–water partition coefficient (Wildman–Crippen LogP) is 4.82. The summed E-state index contributed by atoms with van der Waals surface area (Å²) >= 11 is 0. The van der Waals surface area contributed by atoms with Crippen molar-refractivity contribution in [3.05, 3.63) is 34.9 Å². The normalized spacial score (nSPS) is 14.7. The van der Waals surface area contributed by atoms with Gasteiger partial charge in [0.1, 0.15) is 0 Å². The molecule has 0 amide bonds. The van der Waals surface area contributed by atoms with Crippen LogP contribution in [-0.2, 0) is 0 Å². The molecule has 0 aliphatic rings. The molecule has 1 nitrogen and oxygen atoms in total. The SMILES string of the molecule is CCCC(C)C(CNC(C)C)c1ccc(C)c(C)c1. The van der Waals surface area contributed by atoms with Gasteiger partial charge >= 0.3 is 0 Å². The average molecular weight is 261 g/mol. The Kier molecular flexibility index (Phi) is 6.57. The molecule has 2 unspecified atom stereocenters. The maximum atomic E-state index is 3.62. The number of hydrogen-bond donors (Lipinski definition) is 1. The Morgan fingerprint density at radius 1 is 1.05 bits per heavy atom. The van der Waals surface area contributed by atoms with Crippen molar-refractivity contribution in [3.63, 3.8) is 0 Å². The Morgan fingerprint density at radius 3 is 2.26 bits per heavy atom. The molecule has 0 aliphatic heterocycles. The maximum Gasteiger partial charge on any atom is 0.00250 e. The van der Waals surface area contributed by atoms with Crippen molar-refractivity contribution in [2.75, 3.05) is 6.54 Å². The van der Waals surface area contributed by atoms with Gasteiger partial charge in [0, 0.05) is 12.6 Å². The fourth-order valence-electron chi connectivity index (χ4n) is 2.66. The highest BCUT2D eigenvalue weighted by molar-refractivity contribution is 5.32. The van der Waals surface area contributed by atoms with Crippen molar-refractivity contribution >= 4 is 0 Å². The van der Waals surface area contributed by atoms with E-state index in [2.05, 4.69) is 65.1 Å². The van der Waals surface area contributed by atoms with Gasteiger partial charge in [0.2, 0.25) is 0 Å². The smallest absolute Gasteiger partial charge is 0.00250 e. The van der Waals surface area contributed by atoms with Gasteiger partial charge in [0.15, 0.2) is 0 Å². The molecule has 1 N–H and O–H groups in total. The lowest BCUT2D eigenvalue weighted by Gasteiger charge is -2.26. The lowest BCUT2D eigenvalue weighted by Crippen LogP contribution is -2.30. The highest BCUT2D eigenvalue weighted by atomic mass is 14.9. The van der Waals surface area contributed by atoms with E-state index in [1.54, 1.807) is 0 Å². The fraction of sp³-hybridized carbons (Fsp3) is 0.667. The lowest BCUT2D eigenvalue weighted by atomic mass is 9.83. The number of rotatable bonds is 7. The van der Waals surface area contributed by atoms with E-state index >= 15 is 0 Å². The second kappa shape index (κ2) is 7.69. The molecule has 0 aromatic heterocycles. The number of hydrogen-bond acceptors (Lipinski definition) is 1. The fourth-order valence-corrected chi connectivity index (χ4v) is 2.66. The standard InChI is InChI=1S/C18H31N/c1-7-8-15(5)18(12-19-13(2)3)17-10-9-14(4)16(6)11-17/h9-11,13,15,18-19H,7-8,12H2,1-6H3. The van der Waals surface area contributed by atoms with Crippen molar-refractivity contribution in [1.82, 2.24) is 5.32 Å². The molecule has 1 heteroatoms. The molecule has 0 radical (unpaired) electrons.